The van der Waals surface area contributed by atoms with E-state index in [9.17, 15) is 0 Å². The number of H-pyrrole nitrogens is 1. The minimum Gasteiger partial charge on any atom is -0.493 e. The van der Waals surface area contributed by atoms with Crippen molar-refractivity contribution in [3.8, 4) is 11.5 Å². The molecular formula is C21H24N4O2S. The van der Waals surface area contributed by atoms with E-state index in [-0.39, 0.29) is 5.92 Å². The molecule has 0 fully saturated rings. The Balaban J connectivity index is 1.71. The van der Waals surface area contributed by atoms with E-state index in [4.69, 9.17) is 21.7 Å². The minimum absolute atomic E-state index is 0.208. The second kappa shape index (κ2) is 9.32. The van der Waals surface area contributed by atoms with Crippen molar-refractivity contribution in [2.24, 2.45) is 5.10 Å². The number of hydrogen-bond donors (Lipinski definition) is 1. The van der Waals surface area contributed by atoms with Crippen LogP contribution < -0.4 is 9.47 Å². The van der Waals surface area contributed by atoms with Crippen molar-refractivity contribution >= 4 is 18.4 Å². The number of aromatic nitrogens is 3. The first kappa shape index (κ1) is 19.8. The van der Waals surface area contributed by atoms with E-state index in [1.165, 1.54) is 5.56 Å². The molecular weight excluding hydrogens is 372 g/mol. The van der Waals surface area contributed by atoms with Crippen LogP contribution >= 0.6 is 12.2 Å². The second-order valence-electron chi connectivity index (χ2n) is 6.59. The van der Waals surface area contributed by atoms with Crippen LogP contribution in [0, 0.1) is 4.77 Å². The molecule has 1 aromatic heterocycles. The molecule has 0 saturated carbocycles. The number of nitrogens with one attached hydrogen (secondary N) is 1. The zero-order chi connectivity index (χ0) is 19.9. The van der Waals surface area contributed by atoms with Crippen LogP contribution in [0.1, 0.15) is 36.7 Å². The van der Waals surface area contributed by atoms with Gasteiger partial charge in [-0.3, -0.25) is 5.10 Å². The molecule has 3 aromatic rings. The molecule has 0 aliphatic carbocycles. The van der Waals surface area contributed by atoms with Gasteiger partial charge in [0.25, 0.3) is 0 Å². The Bertz CT molecular complexity index is 993. The standard InChI is InChI=1S/C21H24N4O2S/c1-15(2)20-23-24-21(28)25(20)22-14-17-9-10-18(19(13-17)26-3)27-12-11-16-7-5-4-6-8-16/h4-10,13-15H,11-12H2,1-3H3,(H,24,28)/b22-14-. The normalized spacial score (nSPS) is 11.3. The van der Waals surface area contributed by atoms with Gasteiger partial charge in [0, 0.05) is 12.3 Å². The average Bonchev–Trinajstić information content (AvgIpc) is 3.08. The molecule has 0 radical (unpaired) electrons. The predicted molar refractivity (Wildman–Crippen MR) is 113 cm³/mol. The van der Waals surface area contributed by atoms with Gasteiger partial charge in [-0.1, -0.05) is 44.2 Å². The number of rotatable bonds is 8. The van der Waals surface area contributed by atoms with E-state index in [0.29, 0.717) is 22.9 Å². The Morgan fingerprint density at radius 2 is 1.96 bits per heavy atom. The summed E-state index contributed by atoms with van der Waals surface area (Å²) < 4.78 is 13.5. The number of nitrogens with zero attached hydrogens (tertiary/aromatic N) is 3. The summed E-state index contributed by atoms with van der Waals surface area (Å²) in [5.41, 5.74) is 2.12. The van der Waals surface area contributed by atoms with Crippen LogP contribution in [0.4, 0.5) is 0 Å². The van der Waals surface area contributed by atoms with Crippen molar-refractivity contribution in [3.63, 3.8) is 0 Å². The second-order valence-corrected chi connectivity index (χ2v) is 6.98. The van der Waals surface area contributed by atoms with Crippen molar-refractivity contribution in [2.75, 3.05) is 13.7 Å². The molecule has 1 N–H and O–H groups in total. The maximum atomic E-state index is 5.90. The van der Waals surface area contributed by atoms with E-state index < -0.39 is 0 Å². The highest BCUT2D eigenvalue weighted by Crippen LogP contribution is 2.27. The third kappa shape index (κ3) is 4.86. The van der Waals surface area contributed by atoms with Gasteiger partial charge in [0.15, 0.2) is 17.3 Å². The molecule has 3 rings (SSSR count). The summed E-state index contributed by atoms with van der Waals surface area (Å²) in [6.07, 6.45) is 2.57. The smallest absolute Gasteiger partial charge is 0.216 e. The molecule has 0 amide bonds. The largest absolute Gasteiger partial charge is 0.493 e. The van der Waals surface area contributed by atoms with Gasteiger partial charge < -0.3 is 9.47 Å². The van der Waals surface area contributed by atoms with Crippen LogP contribution in [0.3, 0.4) is 0 Å². The minimum atomic E-state index is 0.208. The molecule has 146 valence electrons. The fourth-order valence-corrected chi connectivity index (χ4v) is 2.91. The van der Waals surface area contributed by atoms with E-state index in [1.54, 1.807) is 18.0 Å². The van der Waals surface area contributed by atoms with Gasteiger partial charge >= 0.3 is 0 Å². The molecule has 7 heteroatoms. The van der Waals surface area contributed by atoms with Crippen molar-refractivity contribution < 1.29 is 9.47 Å². The first-order chi connectivity index (χ1) is 13.6. The molecule has 0 saturated heterocycles. The Labute approximate surface area is 169 Å². The summed E-state index contributed by atoms with van der Waals surface area (Å²) in [4.78, 5) is 0. The summed E-state index contributed by atoms with van der Waals surface area (Å²) in [7, 11) is 1.63. The Morgan fingerprint density at radius 3 is 2.68 bits per heavy atom. The molecule has 0 spiro atoms. The van der Waals surface area contributed by atoms with Crippen molar-refractivity contribution in [3.05, 3.63) is 70.3 Å². The fourth-order valence-electron chi connectivity index (χ4n) is 2.72. The van der Waals surface area contributed by atoms with Crippen molar-refractivity contribution in [1.29, 1.82) is 0 Å². The highest BCUT2D eigenvalue weighted by atomic mass is 32.1. The lowest BCUT2D eigenvalue weighted by atomic mass is 10.2. The van der Waals surface area contributed by atoms with Crippen LogP contribution in [0.15, 0.2) is 53.6 Å². The van der Waals surface area contributed by atoms with Crippen LogP contribution in [0.5, 0.6) is 11.5 Å². The molecule has 0 unspecified atom stereocenters. The molecule has 2 aromatic carbocycles. The summed E-state index contributed by atoms with van der Waals surface area (Å²) in [6.45, 7) is 4.67. The van der Waals surface area contributed by atoms with Gasteiger partial charge in [0.05, 0.1) is 19.9 Å². The lowest BCUT2D eigenvalue weighted by Gasteiger charge is -2.11. The zero-order valence-corrected chi connectivity index (χ0v) is 17.1. The first-order valence-corrected chi connectivity index (χ1v) is 9.55. The van der Waals surface area contributed by atoms with Crippen LogP contribution in [-0.2, 0) is 6.42 Å². The summed E-state index contributed by atoms with van der Waals surface area (Å²) >= 11 is 5.25. The van der Waals surface area contributed by atoms with Crippen LogP contribution in [0.25, 0.3) is 0 Å². The third-order valence-corrected chi connectivity index (χ3v) is 4.46. The maximum Gasteiger partial charge on any atom is 0.216 e. The SMILES string of the molecule is COc1cc(/C=N\n2c(C(C)C)n[nH]c2=S)ccc1OCCc1ccccc1. The van der Waals surface area contributed by atoms with Crippen molar-refractivity contribution in [2.45, 2.75) is 26.2 Å². The number of aromatic amines is 1. The average molecular weight is 397 g/mol. The van der Waals surface area contributed by atoms with Gasteiger partial charge in [-0.25, -0.2) is 0 Å². The summed E-state index contributed by atoms with van der Waals surface area (Å²) in [6, 6.07) is 16.0. The van der Waals surface area contributed by atoms with Crippen LogP contribution in [-0.4, -0.2) is 34.8 Å². The molecule has 28 heavy (non-hydrogen) atoms. The number of ether oxygens (including phenoxy) is 2. The van der Waals surface area contributed by atoms with Crippen molar-refractivity contribution in [1.82, 2.24) is 14.9 Å². The summed E-state index contributed by atoms with van der Waals surface area (Å²) in [5.74, 6) is 2.37. The third-order valence-electron chi connectivity index (χ3n) is 4.19. The first-order valence-electron chi connectivity index (χ1n) is 9.15. The predicted octanol–water partition coefficient (Wildman–Crippen LogP) is 4.58. The Hall–Kier alpha value is -2.93. The highest BCUT2D eigenvalue weighted by molar-refractivity contribution is 7.71. The topological polar surface area (TPSA) is 64.4 Å². The van der Waals surface area contributed by atoms with E-state index in [1.807, 2.05) is 50.2 Å². The highest BCUT2D eigenvalue weighted by Gasteiger charge is 2.09. The fraction of sp³-hybridized carbons (Fsp3) is 0.286. The van der Waals surface area contributed by atoms with E-state index >= 15 is 0 Å². The molecule has 6 nitrogen and oxygen atoms in total. The molecule has 0 bridgehead atoms. The molecule has 1 heterocycles. The quantitative estimate of drug-likeness (QED) is 0.447. The van der Waals surface area contributed by atoms with Gasteiger partial charge in [0.1, 0.15) is 0 Å². The number of hydrogen-bond acceptors (Lipinski definition) is 5. The molecule has 0 aliphatic heterocycles. The number of benzene rings is 2. The van der Waals surface area contributed by atoms with E-state index in [0.717, 1.165) is 17.8 Å². The zero-order valence-electron chi connectivity index (χ0n) is 16.3. The van der Waals surface area contributed by atoms with Gasteiger partial charge in [0.2, 0.25) is 4.77 Å². The Kier molecular flexibility index (Phi) is 6.60. The summed E-state index contributed by atoms with van der Waals surface area (Å²) in [5, 5.41) is 11.5. The van der Waals surface area contributed by atoms with E-state index in [2.05, 4.69) is 27.4 Å². The lowest BCUT2D eigenvalue weighted by Crippen LogP contribution is -2.03. The maximum absolute atomic E-state index is 5.90. The molecule has 0 aliphatic rings. The number of methoxy groups -OCH3 is 1. The monoisotopic (exact) mass is 396 g/mol. The van der Waals surface area contributed by atoms with Gasteiger partial charge in [-0.15, -0.1) is 0 Å². The van der Waals surface area contributed by atoms with Gasteiger partial charge in [-0.05, 0) is 41.5 Å². The van der Waals surface area contributed by atoms with Crippen LogP contribution in [0.2, 0.25) is 0 Å². The molecule has 0 atom stereocenters. The lowest BCUT2D eigenvalue weighted by molar-refractivity contribution is 0.297. The van der Waals surface area contributed by atoms with Gasteiger partial charge in [-0.2, -0.15) is 14.9 Å². The Morgan fingerprint density at radius 1 is 1.18 bits per heavy atom.